The Morgan fingerprint density at radius 2 is 2.21 bits per heavy atom. The minimum absolute atomic E-state index is 0.180. The fourth-order valence-electron chi connectivity index (χ4n) is 3.84. The lowest BCUT2D eigenvalue weighted by Gasteiger charge is -2.38. The summed E-state index contributed by atoms with van der Waals surface area (Å²) in [5, 5.41) is 9.15. The number of allylic oxidation sites excluding steroid dienone is 1. The van der Waals surface area contributed by atoms with Crippen molar-refractivity contribution in [2.45, 2.75) is 50.8 Å². The molecule has 0 aromatic heterocycles. The minimum Gasteiger partial charge on any atom is -0.442 e. The lowest BCUT2D eigenvalue weighted by atomic mass is 9.89. The molecule has 0 radical (unpaired) electrons. The summed E-state index contributed by atoms with van der Waals surface area (Å²) >= 11 is 0. The molecule has 152 valence electrons. The molecular weight excluding hydrogens is 365 g/mol. The zero-order valence-corrected chi connectivity index (χ0v) is 16.2. The Balaban J connectivity index is 1.41. The Bertz CT molecular complexity index is 763. The Kier molecular flexibility index (Phi) is 4.76. The predicted molar refractivity (Wildman–Crippen MR) is 101 cm³/mol. The Morgan fingerprint density at radius 3 is 2.82 bits per heavy atom. The topological polar surface area (TPSA) is 77.5 Å². The third-order valence-electron chi connectivity index (χ3n) is 5.65. The maximum absolute atomic E-state index is 15.0. The molecule has 4 aliphatic rings. The Hall–Kier alpha value is -2.58. The minimum atomic E-state index is -0.803. The number of hydrogen-bond donors (Lipinski definition) is 1. The molecule has 8 nitrogen and oxygen atoms in total. The summed E-state index contributed by atoms with van der Waals surface area (Å²) < 4.78 is 20.3. The van der Waals surface area contributed by atoms with Crippen LogP contribution in [-0.4, -0.2) is 77.0 Å². The molecule has 0 aromatic rings. The van der Waals surface area contributed by atoms with Crippen molar-refractivity contribution in [3.05, 3.63) is 23.7 Å². The molecule has 2 atom stereocenters. The van der Waals surface area contributed by atoms with E-state index in [0.717, 1.165) is 6.54 Å². The quantitative estimate of drug-likeness (QED) is 0.770. The van der Waals surface area contributed by atoms with Crippen molar-refractivity contribution < 1.29 is 18.7 Å². The van der Waals surface area contributed by atoms with Gasteiger partial charge in [0.1, 0.15) is 18.3 Å². The smallest absolute Gasteiger partial charge is 0.411 e. The van der Waals surface area contributed by atoms with Crippen molar-refractivity contribution in [1.82, 2.24) is 20.1 Å². The maximum Gasteiger partial charge on any atom is 0.411 e. The molecule has 1 N–H and O–H groups in total. The number of ether oxygens (including phenoxy) is 1. The van der Waals surface area contributed by atoms with Crippen LogP contribution in [0.3, 0.4) is 0 Å². The number of cyclic esters (lactones) is 1. The first-order valence-corrected chi connectivity index (χ1v) is 9.75. The van der Waals surface area contributed by atoms with E-state index in [1.165, 1.54) is 30.7 Å². The number of carbonyl (C=O) groups is 2. The van der Waals surface area contributed by atoms with Crippen LogP contribution in [0.2, 0.25) is 0 Å². The highest BCUT2D eigenvalue weighted by atomic mass is 19.1. The van der Waals surface area contributed by atoms with Crippen molar-refractivity contribution in [3.63, 3.8) is 0 Å². The molecule has 0 aromatic carbocycles. The Labute approximate surface area is 163 Å². The van der Waals surface area contributed by atoms with Gasteiger partial charge < -0.3 is 15.0 Å². The van der Waals surface area contributed by atoms with E-state index in [1.54, 1.807) is 6.34 Å². The van der Waals surface area contributed by atoms with Crippen molar-refractivity contribution in [3.8, 4) is 0 Å². The third-order valence-corrected chi connectivity index (χ3v) is 5.65. The number of amides is 2. The molecule has 0 bridgehead atoms. The highest BCUT2D eigenvalue weighted by Gasteiger charge is 2.44. The first kappa shape index (κ1) is 18.8. The average molecular weight is 391 g/mol. The number of nitrogens with zero attached hydrogens (tertiary/aromatic N) is 4. The lowest BCUT2D eigenvalue weighted by molar-refractivity contribution is -0.119. The van der Waals surface area contributed by atoms with E-state index < -0.39 is 17.7 Å². The number of hydrazone groups is 1. The Morgan fingerprint density at radius 1 is 1.43 bits per heavy atom. The molecule has 1 unspecified atom stereocenters. The van der Waals surface area contributed by atoms with E-state index in [0.29, 0.717) is 31.2 Å². The van der Waals surface area contributed by atoms with Crippen molar-refractivity contribution in [1.29, 1.82) is 0 Å². The second kappa shape index (κ2) is 7.10. The zero-order valence-electron chi connectivity index (χ0n) is 16.2. The first-order valence-electron chi connectivity index (χ1n) is 9.75. The monoisotopic (exact) mass is 391 g/mol. The van der Waals surface area contributed by atoms with E-state index >= 15 is 0 Å². The molecule has 1 saturated heterocycles. The van der Waals surface area contributed by atoms with Gasteiger partial charge in [0.05, 0.1) is 30.9 Å². The van der Waals surface area contributed by atoms with Gasteiger partial charge >= 0.3 is 6.09 Å². The lowest BCUT2D eigenvalue weighted by Crippen LogP contribution is -2.48. The van der Waals surface area contributed by atoms with Gasteiger partial charge in [-0.2, -0.15) is 5.10 Å². The summed E-state index contributed by atoms with van der Waals surface area (Å²) in [5.41, 5.74) is -0.304. The molecule has 2 aliphatic carbocycles. The summed E-state index contributed by atoms with van der Waals surface area (Å²) in [7, 11) is 0. The number of nitrogens with one attached hydrogen (secondary N) is 1. The van der Waals surface area contributed by atoms with Gasteiger partial charge in [0, 0.05) is 19.5 Å². The summed E-state index contributed by atoms with van der Waals surface area (Å²) in [6.07, 6.45) is 6.93. The molecule has 4 rings (SSSR count). The standard InChI is InChI=1S/C19H26FN5O3/c1-13(26)21-10-15-11-24(18(27)28-15)19(2)6-5-17(16(20)9-19)23-7-8-25(22-12-23)14-3-4-14/h5,9,12,14-15H,3-4,6-8,10-11H2,1-2H3,(H,21,26)/t15-,19?/m0/s1. The van der Waals surface area contributed by atoms with Crippen LogP contribution in [0.1, 0.15) is 33.1 Å². The van der Waals surface area contributed by atoms with Crippen LogP contribution in [-0.2, 0) is 9.53 Å². The van der Waals surface area contributed by atoms with Crippen molar-refractivity contribution >= 4 is 18.3 Å². The van der Waals surface area contributed by atoms with E-state index in [9.17, 15) is 14.0 Å². The molecule has 2 heterocycles. The molecule has 0 spiro atoms. The van der Waals surface area contributed by atoms with Gasteiger partial charge in [-0.25, -0.2) is 9.18 Å². The fraction of sp³-hybridized carbons (Fsp3) is 0.632. The van der Waals surface area contributed by atoms with Gasteiger partial charge in [-0.15, -0.1) is 0 Å². The van der Waals surface area contributed by atoms with Gasteiger partial charge in [0.2, 0.25) is 5.91 Å². The zero-order chi connectivity index (χ0) is 19.9. The van der Waals surface area contributed by atoms with E-state index in [2.05, 4.69) is 15.4 Å². The van der Waals surface area contributed by atoms with E-state index in [4.69, 9.17) is 4.74 Å². The number of carbonyl (C=O) groups excluding carboxylic acids is 2. The summed E-state index contributed by atoms with van der Waals surface area (Å²) in [5.74, 6) is -0.543. The number of hydrogen-bond acceptors (Lipinski definition) is 6. The van der Waals surface area contributed by atoms with Gasteiger partial charge in [-0.3, -0.25) is 14.7 Å². The van der Waals surface area contributed by atoms with Crippen LogP contribution in [0.5, 0.6) is 0 Å². The average Bonchev–Trinajstić information content (AvgIpc) is 3.42. The second-order valence-corrected chi connectivity index (χ2v) is 8.01. The van der Waals surface area contributed by atoms with Gasteiger partial charge in [-0.05, 0) is 32.3 Å². The van der Waals surface area contributed by atoms with Gasteiger partial charge in [0.15, 0.2) is 0 Å². The largest absolute Gasteiger partial charge is 0.442 e. The van der Waals surface area contributed by atoms with Gasteiger partial charge in [-0.1, -0.05) is 6.08 Å². The van der Waals surface area contributed by atoms with Crippen LogP contribution in [0, 0.1) is 0 Å². The molecular formula is C19H26FN5O3. The second-order valence-electron chi connectivity index (χ2n) is 8.01. The molecule has 2 amide bonds. The van der Waals surface area contributed by atoms with Crippen LogP contribution >= 0.6 is 0 Å². The summed E-state index contributed by atoms with van der Waals surface area (Å²) in [6.45, 7) is 5.27. The highest BCUT2D eigenvalue weighted by Crippen LogP contribution is 2.36. The summed E-state index contributed by atoms with van der Waals surface area (Å²) in [6, 6.07) is 0.550. The van der Waals surface area contributed by atoms with Crippen LogP contribution in [0.4, 0.5) is 9.18 Å². The number of rotatable bonds is 5. The molecule has 9 heteroatoms. The van der Waals surface area contributed by atoms with E-state index in [-0.39, 0.29) is 18.3 Å². The SMILES string of the molecule is CC(=O)NC[C@H]1CN(C2(C)C=C(F)C(N3C=NN(C4CC4)CC3)=CC2)C(=O)O1. The maximum atomic E-state index is 15.0. The highest BCUT2D eigenvalue weighted by molar-refractivity contribution is 5.74. The third kappa shape index (κ3) is 3.70. The predicted octanol–water partition coefficient (Wildman–Crippen LogP) is 1.57. The van der Waals surface area contributed by atoms with Crippen LogP contribution in [0.15, 0.2) is 28.8 Å². The van der Waals surface area contributed by atoms with Crippen molar-refractivity contribution in [2.75, 3.05) is 26.2 Å². The molecule has 1 saturated carbocycles. The fourth-order valence-corrected chi connectivity index (χ4v) is 3.84. The van der Waals surface area contributed by atoms with Crippen molar-refractivity contribution in [2.24, 2.45) is 5.10 Å². The first-order chi connectivity index (χ1) is 13.4. The molecule has 2 fully saturated rings. The number of halogens is 1. The normalized spacial score (nSPS) is 30.2. The molecule has 2 aliphatic heterocycles. The van der Waals surface area contributed by atoms with E-state index in [1.807, 2.05) is 17.9 Å². The van der Waals surface area contributed by atoms with Crippen LogP contribution in [0.25, 0.3) is 0 Å². The summed E-state index contributed by atoms with van der Waals surface area (Å²) in [4.78, 5) is 26.7. The van der Waals surface area contributed by atoms with Crippen LogP contribution < -0.4 is 5.32 Å². The molecule has 28 heavy (non-hydrogen) atoms. The van der Waals surface area contributed by atoms with Gasteiger partial charge in [0.25, 0.3) is 0 Å².